The van der Waals surface area contributed by atoms with Gasteiger partial charge in [-0.2, -0.15) is 0 Å². The number of rotatable bonds is 6. The van der Waals surface area contributed by atoms with Crippen LogP contribution in [0.2, 0.25) is 0 Å². The van der Waals surface area contributed by atoms with Gasteiger partial charge >= 0.3 is 0 Å². The Morgan fingerprint density at radius 3 is 2.29 bits per heavy atom. The number of hydrogen-bond donors (Lipinski definition) is 0. The Morgan fingerprint density at radius 2 is 1.69 bits per heavy atom. The fourth-order valence-corrected chi connectivity index (χ4v) is 10.5. The average molecular weight is 483 g/mol. The van der Waals surface area contributed by atoms with Crippen LogP contribution in [0.15, 0.2) is 23.8 Å². The third kappa shape index (κ3) is 3.79. The normalized spacial score (nSPS) is 44.5. The first kappa shape index (κ1) is 27.5. The van der Waals surface area contributed by atoms with Crippen LogP contribution in [0, 0.1) is 56.7 Å². The van der Waals surface area contributed by atoms with Gasteiger partial charge in [-0.3, -0.25) is 0 Å². The zero-order chi connectivity index (χ0) is 26.2. The topological polar surface area (TPSA) is 9.23 Å². The third-order valence-electron chi connectivity index (χ3n) is 13.8. The van der Waals surface area contributed by atoms with Crippen LogP contribution in [0.5, 0.6) is 0 Å². The number of allylic oxidation sites excluding steroid dienone is 3. The maximum Gasteiger partial charge on any atom is 0.0625 e. The van der Waals surface area contributed by atoms with Crippen LogP contribution in [0.1, 0.15) is 121 Å². The largest absolute Gasteiger partial charge is 0.381 e. The molecule has 9 atom stereocenters. The maximum absolute atomic E-state index is 6.03. The van der Waals surface area contributed by atoms with Gasteiger partial charge in [0.2, 0.25) is 0 Å². The predicted octanol–water partition coefficient (Wildman–Crippen LogP) is 9.87. The summed E-state index contributed by atoms with van der Waals surface area (Å²) in [6.07, 6.45) is 13.9. The van der Waals surface area contributed by atoms with Gasteiger partial charge in [0, 0.05) is 7.11 Å². The Hall–Kier alpha value is -0.560. The molecule has 0 unspecified atom stereocenters. The fraction of sp³-hybridized carbons (Fsp3) is 0.882. The van der Waals surface area contributed by atoms with Gasteiger partial charge in [-0.25, -0.2) is 0 Å². The van der Waals surface area contributed by atoms with Crippen molar-refractivity contribution < 1.29 is 4.74 Å². The molecule has 4 rings (SSSR count). The van der Waals surface area contributed by atoms with Crippen molar-refractivity contribution in [2.75, 3.05) is 7.11 Å². The molecule has 0 amide bonds. The Kier molecular flexibility index (Phi) is 6.86. The maximum atomic E-state index is 6.03. The summed E-state index contributed by atoms with van der Waals surface area (Å²) in [5.41, 5.74) is 4.90. The van der Waals surface area contributed by atoms with Gasteiger partial charge in [0.25, 0.3) is 0 Å². The summed E-state index contributed by atoms with van der Waals surface area (Å²) in [6.45, 7) is 29.5. The Morgan fingerprint density at radius 1 is 1.03 bits per heavy atom. The van der Waals surface area contributed by atoms with Crippen molar-refractivity contribution in [3.05, 3.63) is 23.8 Å². The second-order valence-electron chi connectivity index (χ2n) is 15.6. The van der Waals surface area contributed by atoms with Crippen LogP contribution in [-0.4, -0.2) is 13.2 Å². The number of methoxy groups -OCH3 is 1. The molecule has 0 aliphatic heterocycles. The van der Waals surface area contributed by atoms with Gasteiger partial charge < -0.3 is 4.74 Å². The minimum absolute atomic E-state index is 0.220. The average Bonchev–Trinajstić information content (AvgIpc) is 3.04. The molecular weight excluding hydrogens is 424 g/mol. The zero-order valence-corrected chi connectivity index (χ0v) is 25.3. The third-order valence-corrected chi connectivity index (χ3v) is 13.8. The van der Waals surface area contributed by atoms with E-state index in [4.69, 9.17) is 4.74 Å². The highest BCUT2D eigenvalue weighted by molar-refractivity contribution is 5.32. The van der Waals surface area contributed by atoms with Crippen LogP contribution < -0.4 is 0 Å². The molecule has 0 N–H and O–H groups in total. The minimum atomic E-state index is 0.220. The molecule has 0 heterocycles. The highest BCUT2D eigenvalue weighted by Gasteiger charge is 2.65. The highest BCUT2D eigenvalue weighted by Crippen LogP contribution is 2.73. The smallest absolute Gasteiger partial charge is 0.0625 e. The first-order valence-corrected chi connectivity index (χ1v) is 15.0. The highest BCUT2D eigenvalue weighted by atomic mass is 16.5. The lowest BCUT2D eigenvalue weighted by molar-refractivity contribution is -0.130. The first-order valence-electron chi connectivity index (χ1n) is 15.0. The molecule has 0 bridgehead atoms. The van der Waals surface area contributed by atoms with E-state index in [-0.39, 0.29) is 10.8 Å². The summed E-state index contributed by atoms with van der Waals surface area (Å²) in [5, 5.41) is 0. The molecule has 3 saturated carbocycles. The van der Waals surface area contributed by atoms with Crippen molar-refractivity contribution in [2.45, 2.75) is 127 Å². The lowest BCUT2D eigenvalue weighted by Gasteiger charge is -2.64. The van der Waals surface area contributed by atoms with Crippen LogP contribution in [0.3, 0.4) is 0 Å². The lowest BCUT2D eigenvalue weighted by atomic mass is 9.41. The Balaban J connectivity index is 1.62. The van der Waals surface area contributed by atoms with E-state index in [0.717, 1.165) is 23.7 Å². The molecule has 35 heavy (non-hydrogen) atoms. The Bertz CT molecular complexity index is 862. The minimum Gasteiger partial charge on any atom is -0.381 e. The summed E-state index contributed by atoms with van der Waals surface area (Å²) in [4.78, 5) is 0. The van der Waals surface area contributed by atoms with E-state index in [1.807, 2.05) is 12.7 Å². The van der Waals surface area contributed by atoms with Crippen molar-refractivity contribution in [2.24, 2.45) is 56.7 Å². The summed E-state index contributed by atoms with van der Waals surface area (Å²) >= 11 is 0. The Labute approximate surface area is 218 Å². The SMILES string of the molecule is C=C(C)C(C)(C)[C@@H](C)C[C@@H](C)[C@@H]1CC[C@@]2(C)[C@@H]3CC[C@H]4C(C)(C)[C@H](OC)CC[C@]4(C)C3=CC[C@]12C. The van der Waals surface area contributed by atoms with E-state index >= 15 is 0 Å². The standard InChI is InChI=1S/C34H58O/c1-22(2)30(5,6)24(4)21-23(3)25-15-19-34(11)27-13-14-28-31(7,8)29(35-12)17-18-32(28,9)26(27)16-20-33(25,34)10/h16,23-25,27-29H,1,13-15,17-21H2,2-12H3/t23-,24+,25+,27-,28+,29-,32-,33-,34+/m1/s1. The summed E-state index contributed by atoms with van der Waals surface area (Å²) in [6, 6.07) is 0. The van der Waals surface area contributed by atoms with Crippen molar-refractivity contribution >= 4 is 0 Å². The number of fused-ring (bicyclic) bond motifs is 5. The molecule has 0 radical (unpaired) electrons. The van der Waals surface area contributed by atoms with E-state index in [0.29, 0.717) is 28.3 Å². The van der Waals surface area contributed by atoms with E-state index in [2.05, 4.69) is 81.9 Å². The molecule has 0 aromatic carbocycles. The summed E-state index contributed by atoms with van der Waals surface area (Å²) in [5.74, 6) is 3.80. The molecule has 3 fully saturated rings. The van der Waals surface area contributed by atoms with Crippen LogP contribution in [-0.2, 0) is 4.74 Å². The second kappa shape index (κ2) is 8.74. The van der Waals surface area contributed by atoms with Crippen molar-refractivity contribution in [1.29, 1.82) is 0 Å². The van der Waals surface area contributed by atoms with Gasteiger partial charge in [0.05, 0.1) is 6.10 Å². The molecule has 0 aromatic rings. The van der Waals surface area contributed by atoms with Gasteiger partial charge in [-0.1, -0.05) is 86.1 Å². The van der Waals surface area contributed by atoms with E-state index in [1.54, 1.807) is 0 Å². The second-order valence-corrected chi connectivity index (χ2v) is 15.6. The van der Waals surface area contributed by atoms with Gasteiger partial charge in [-0.05, 0) is 115 Å². The molecular formula is C34H58O. The monoisotopic (exact) mass is 482 g/mol. The molecule has 0 aromatic heterocycles. The molecule has 1 nitrogen and oxygen atoms in total. The van der Waals surface area contributed by atoms with E-state index in [1.165, 1.54) is 56.9 Å². The fourth-order valence-electron chi connectivity index (χ4n) is 10.5. The van der Waals surface area contributed by atoms with Gasteiger partial charge in [0.1, 0.15) is 0 Å². The molecule has 200 valence electrons. The molecule has 4 aliphatic carbocycles. The van der Waals surface area contributed by atoms with Crippen molar-refractivity contribution in [3.8, 4) is 0 Å². The molecule has 0 spiro atoms. The zero-order valence-electron chi connectivity index (χ0n) is 25.3. The van der Waals surface area contributed by atoms with Crippen molar-refractivity contribution in [1.82, 2.24) is 0 Å². The van der Waals surface area contributed by atoms with Gasteiger partial charge in [0.15, 0.2) is 0 Å². The van der Waals surface area contributed by atoms with Gasteiger partial charge in [-0.15, -0.1) is 0 Å². The van der Waals surface area contributed by atoms with Crippen LogP contribution in [0.25, 0.3) is 0 Å². The molecule has 1 heteroatoms. The van der Waals surface area contributed by atoms with Crippen LogP contribution >= 0.6 is 0 Å². The molecule has 0 saturated heterocycles. The molecule has 4 aliphatic rings. The predicted molar refractivity (Wildman–Crippen MR) is 151 cm³/mol. The first-order chi connectivity index (χ1) is 16.1. The van der Waals surface area contributed by atoms with Crippen LogP contribution in [0.4, 0.5) is 0 Å². The quantitative estimate of drug-likeness (QED) is 0.342. The summed E-state index contributed by atoms with van der Waals surface area (Å²) < 4.78 is 6.03. The van der Waals surface area contributed by atoms with E-state index < -0.39 is 0 Å². The van der Waals surface area contributed by atoms with Crippen molar-refractivity contribution in [3.63, 3.8) is 0 Å². The lowest BCUT2D eigenvalue weighted by Crippen LogP contribution is -2.58. The number of hydrogen-bond acceptors (Lipinski definition) is 1. The number of ether oxygens (including phenoxy) is 1. The van der Waals surface area contributed by atoms with E-state index in [9.17, 15) is 0 Å². The summed E-state index contributed by atoms with van der Waals surface area (Å²) in [7, 11) is 1.94.